The van der Waals surface area contributed by atoms with Crippen LogP contribution in [0.25, 0.3) is 0 Å². The molecular formula is C16H21BrFNO2. The van der Waals surface area contributed by atoms with Crippen molar-refractivity contribution in [1.82, 2.24) is 5.32 Å². The Bertz CT molecular complexity index is 509. The lowest BCUT2D eigenvalue weighted by molar-refractivity contribution is -0.144. The highest BCUT2D eigenvalue weighted by atomic mass is 79.9. The van der Waals surface area contributed by atoms with E-state index in [9.17, 15) is 14.3 Å². The summed E-state index contributed by atoms with van der Waals surface area (Å²) >= 11 is 3.19. The van der Waals surface area contributed by atoms with Crippen LogP contribution in [0.2, 0.25) is 0 Å². The van der Waals surface area contributed by atoms with Gasteiger partial charge in [0.1, 0.15) is 5.82 Å². The number of aliphatic carboxylic acids is 1. The minimum absolute atomic E-state index is 0.0678. The Balaban J connectivity index is 1.94. The molecule has 0 heterocycles. The Labute approximate surface area is 133 Å². The first-order valence-corrected chi connectivity index (χ1v) is 8.19. The summed E-state index contributed by atoms with van der Waals surface area (Å²) < 4.78 is 13.7. The van der Waals surface area contributed by atoms with Crippen LogP contribution in [0.4, 0.5) is 4.39 Å². The van der Waals surface area contributed by atoms with Crippen molar-refractivity contribution in [3.8, 4) is 0 Å². The average molecular weight is 358 g/mol. The molecule has 1 aliphatic carbocycles. The molecule has 0 aliphatic heterocycles. The van der Waals surface area contributed by atoms with Crippen LogP contribution in [0, 0.1) is 17.7 Å². The molecule has 0 saturated heterocycles. The molecule has 1 aromatic carbocycles. The summed E-state index contributed by atoms with van der Waals surface area (Å²) in [5.74, 6) is -1.01. The lowest BCUT2D eigenvalue weighted by Crippen LogP contribution is -2.35. The lowest BCUT2D eigenvalue weighted by Gasteiger charge is -2.30. The fourth-order valence-electron chi connectivity index (χ4n) is 3.00. The van der Waals surface area contributed by atoms with E-state index in [0.717, 1.165) is 31.2 Å². The number of carboxylic acids is 1. The predicted molar refractivity (Wildman–Crippen MR) is 83.6 cm³/mol. The normalized spacial score (nSPS) is 23.8. The van der Waals surface area contributed by atoms with Crippen molar-refractivity contribution in [1.29, 1.82) is 0 Å². The Morgan fingerprint density at radius 2 is 2.19 bits per heavy atom. The number of halogens is 2. The molecular weight excluding hydrogens is 337 g/mol. The third-order valence-corrected chi connectivity index (χ3v) is 4.96. The minimum atomic E-state index is -0.682. The second-order valence-electron chi connectivity index (χ2n) is 5.79. The SMILES string of the molecule is CC(NCC1CCCCC1C(=O)O)c1ccc(F)c(Br)c1. The summed E-state index contributed by atoms with van der Waals surface area (Å²) in [4.78, 5) is 11.3. The van der Waals surface area contributed by atoms with E-state index in [4.69, 9.17) is 0 Å². The molecule has 3 atom stereocenters. The maximum absolute atomic E-state index is 13.2. The van der Waals surface area contributed by atoms with Crippen LogP contribution >= 0.6 is 15.9 Å². The van der Waals surface area contributed by atoms with Crippen LogP contribution in [0.1, 0.15) is 44.2 Å². The van der Waals surface area contributed by atoms with Gasteiger partial charge in [-0.25, -0.2) is 4.39 Å². The Hall–Kier alpha value is -0.940. The predicted octanol–water partition coefficient (Wildman–Crippen LogP) is 4.13. The summed E-state index contributed by atoms with van der Waals surface area (Å²) in [5, 5.41) is 12.7. The molecule has 1 aromatic rings. The molecule has 3 unspecified atom stereocenters. The minimum Gasteiger partial charge on any atom is -0.481 e. The van der Waals surface area contributed by atoms with E-state index in [1.165, 1.54) is 6.07 Å². The first-order valence-electron chi connectivity index (χ1n) is 7.40. The zero-order valence-electron chi connectivity index (χ0n) is 12.1. The third-order valence-electron chi connectivity index (χ3n) is 4.36. The number of benzene rings is 1. The van der Waals surface area contributed by atoms with Crippen molar-refractivity contribution in [2.75, 3.05) is 6.54 Å². The van der Waals surface area contributed by atoms with Gasteiger partial charge >= 0.3 is 5.97 Å². The average Bonchev–Trinajstić information content (AvgIpc) is 2.47. The molecule has 1 aliphatic rings. The molecule has 1 saturated carbocycles. The molecule has 0 bridgehead atoms. The molecule has 3 nitrogen and oxygen atoms in total. The van der Waals surface area contributed by atoms with Crippen molar-refractivity contribution < 1.29 is 14.3 Å². The van der Waals surface area contributed by atoms with E-state index in [0.29, 0.717) is 11.0 Å². The van der Waals surface area contributed by atoms with Crippen molar-refractivity contribution >= 4 is 21.9 Å². The van der Waals surface area contributed by atoms with E-state index < -0.39 is 5.97 Å². The Morgan fingerprint density at radius 1 is 1.48 bits per heavy atom. The molecule has 21 heavy (non-hydrogen) atoms. The molecule has 1 fully saturated rings. The van der Waals surface area contributed by atoms with Gasteiger partial charge in [0.15, 0.2) is 0 Å². The number of nitrogens with one attached hydrogen (secondary N) is 1. The van der Waals surface area contributed by atoms with Crippen LogP contribution in [0.15, 0.2) is 22.7 Å². The van der Waals surface area contributed by atoms with Gasteiger partial charge in [0, 0.05) is 6.04 Å². The fourth-order valence-corrected chi connectivity index (χ4v) is 3.40. The van der Waals surface area contributed by atoms with Crippen LogP contribution in [0.5, 0.6) is 0 Å². The van der Waals surface area contributed by atoms with Gasteiger partial charge in [-0.15, -0.1) is 0 Å². The maximum atomic E-state index is 13.2. The standard InChI is InChI=1S/C16H21BrFNO2/c1-10(11-6-7-15(18)14(17)8-11)19-9-12-4-2-3-5-13(12)16(20)21/h6-8,10,12-13,19H,2-5,9H2,1H3,(H,20,21). The number of hydrogen-bond donors (Lipinski definition) is 2. The second kappa shape index (κ2) is 7.36. The van der Waals surface area contributed by atoms with Crippen molar-refractivity contribution in [3.63, 3.8) is 0 Å². The van der Waals surface area contributed by atoms with E-state index in [1.54, 1.807) is 12.1 Å². The Kier molecular flexibility index (Phi) is 5.76. The van der Waals surface area contributed by atoms with Gasteiger partial charge < -0.3 is 10.4 Å². The van der Waals surface area contributed by atoms with E-state index in [-0.39, 0.29) is 23.7 Å². The lowest BCUT2D eigenvalue weighted by atomic mass is 9.79. The smallest absolute Gasteiger partial charge is 0.306 e. The van der Waals surface area contributed by atoms with E-state index in [2.05, 4.69) is 21.2 Å². The van der Waals surface area contributed by atoms with Gasteiger partial charge in [-0.3, -0.25) is 4.79 Å². The quantitative estimate of drug-likeness (QED) is 0.832. The summed E-state index contributed by atoms with van der Waals surface area (Å²) in [5.41, 5.74) is 0.992. The van der Waals surface area contributed by atoms with Crippen molar-refractivity contribution in [3.05, 3.63) is 34.1 Å². The van der Waals surface area contributed by atoms with Crippen molar-refractivity contribution in [2.24, 2.45) is 11.8 Å². The van der Waals surface area contributed by atoms with Gasteiger partial charge in [0.2, 0.25) is 0 Å². The molecule has 0 aromatic heterocycles. The van der Waals surface area contributed by atoms with E-state index >= 15 is 0 Å². The summed E-state index contributed by atoms with van der Waals surface area (Å²) in [6.07, 6.45) is 3.85. The van der Waals surface area contributed by atoms with Gasteiger partial charge in [-0.05, 0) is 65.9 Å². The van der Waals surface area contributed by atoms with Crippen LogP contribution in [-0.2, 0) is 4.79 Å². The monoisotopic (exact) mass is 357 g/mol. The largest absolute Gasteiger partial charge is 0.481 e. The third kappa shape index (κ3) is 4.27. The molecule has 0 spiro atoms. The summed E-state index contributed by atoms with van der Waals surface area (Å²) in [6.45, 7) is 2.70. The highest BCUT2D eigenvalue weighted by molar-refractivity contribution is 9.10. The number of hydrogen-bond acceptors (Lipinski definition) is 2. The first kappa shape index (κ1) is 16.4. The molecule has 0 amide bonds. The summed E-state index contributed by atoms with van der Waals surface area (Å²) in [7, 11) is 0. The number of carbonyl (C=O) groups is 1. The molecule has 2 N–H and O–H groups in total. The Morgan fingerprint density at radius 3 is 2.86 bits per heavy atom. The fraction of sp³-hybridized carbons (Fsp3) is 0.562. The maximum Gasteiger partial charge on any atom is 0.306 e. The van der Waals surface area contributed by atoms with Gasteiger partial charge in [-0.2, -0.15) is 0 Å². The number of carboxylic acid groups (broad SMARTS) is 1. The van der Waals surface area contributed by atoms with Gasteiger partial charge in [0.05, 0.1) is 10.4 Å². The van der Waals surface area contributed by atoms with Gasteiger partial charge in [-0.1, -0.05) is 18.9 Å². The zero-order chi connectivity index (χ0) is 15.4. The molecule has 116 valence electrons. The van der Waals surface area contributed by atoms with Crippen LogP contribution in [0.3, 0.4) is 0 Å². The molecule has 0 radical (unpaired) electrons. The van der Waals surface area contributed by atoms with Crippen LogP contribution < -0.4 is 5.32 Å². The zero-order valence-corrected chi connectivity index (χ0v) is 13.7. The molecule has 5 heteroatoms. The highest BCUT2D eigenvalue weighted by Crippen LogP contribution is 2.30. The number of rotatable bonds is 5. The van der Waals surface area contributed by atoms with Gasteiger partial charge in [0.25, 0.3) is 0 Å². The summed E-state index contributed by atoms with van der Waals surface area (Å²) in [6, 6.07) is 5.03. The van der Waals surface area contributed by atoms with Crippen molar-refractivity contribution in [2.45, 2.75) is 38.6 Å². The first-order chi connectivity index (χ1) is 9.99. The second-order valence-corrected chi connectivity index (χ2v) is 6.65. The molecule has 2 rings (SSSR count). The topological polar surface area (TPSA) is 49.3 Å². The van der Waals surface area contributed by atoms with Crippen LogP contribution in [-0.4, -0.2) is 17.6 Å². The highest BCUT2D eigenvalue weighted by Gasteiger charge is 2.30. The van der Waals surface area contributed by atoms with E-state index in [1.807, 2.05) is 6.92 Å².